The van der Waals surface area contributed by atoms with Gasteiger partial charge in [0.1, 0.15) is 17.3 Å². The van der Waals surface area contributed by atoms with Gasteiger partial charge < -0.3 is 14.0 Å². The van der Waals surface area contributed by atoms with E-state index in [2.05, 4.69) is 15.6 Å². The molecule has 1 heterocycles. The van der Waals surface area contributed by atoms with E-state index >= 15 is 0 Å². The Bertz CT molecular complexity index is 773. The second kappa shape index (κ2) is 8.33. The van der Waals surface area contributed by atoms with Crippen LogP contribution in [0.5, 0.6) is 11.5 Å². The zero-order chi connectivity index (χ0) is 17.5. The summed E-state index contributed by atoms with van der Waals surface area (Å²) in [5.74, 6) is 1.49. The lowest BCUT2D eigenvalue weighted by atomic mass is 9.95. The highest BCUT2D eigenvalue weighted by Gasteiger charge is 2.17. The lowest BCUT2D eigenvalue weighted by Crippen LogP contribution is -2.13. The Labute approximate surface area is 146 Å². The van der Waals surface area contributed by atoms with Crippen molar-refractivity contribution in [2.45, 2.75) is 18.9 Å². The average molecular weight is 340 g/mol. The number of hydrogen-bond acceptors (Lipinski definition) is 3. The maximum absolute atomic E-state index is 13.0. The predicted molar refractivity (Wildman–Crippen MR) is 94.5 cm³/mol. The van der Waals surface area contributed by atoms with E-state index in [0.717, 1.165) is 24.3 Å². The Hall–Kier alpha value is -2.82. The van der Waals surface area contributed by atoms with Gasteiger partial charge in [0.25, 0.3) is 0 Å². The van der Waals surface area contributed by atoms with Gasteiger partial charge in [-0.1, -0.05) is 18.2 Å². The van der Waals surface area contributed by atoms with Gasteiger partial charge >= 0.3 is 0 Å². The molecule has 0 bridgehead atoms. The minimum Gasteiger partial charge on any atom is -0.496 e. The van der Waals surface area contributed by atoms with Crippen molar-refractivity contribution in [3.05, 3.63) is 78.6 Å². The van der Waals surface area contributed by atoms with E-state index in [1.807, 2.05) is 30.7 Å². The van der Waals surface area contributed by atoms with Crippen molar-refractivity contribution in [3.63, 3.8) is 0 Å². The number of imidazole rings is 1. The van der Waals surface area contributed by atoms with Crippen molar-refractivity contribution < 1.29 is 13.9 Å². The summed E-state index contributed by atoms with van der Waals surface area (Å²) in [5, 5.41) is 0. The van der Waals surface area contributed by atoms with E-state index in [9.17, 15) is 4.39 Å². The molecule has 0 saturated carbocycles. The minimum atomic E-state index is -0.264. The van der Waals surface area contributed by atoms with Crippen molar-refractivity contribution in [1.82, 2.24) is 9.55 Å². The van der Waals surface area contributed by atoms with Crippen LogP contribution >= 0.6 is 0 Å². The Morgan fingerprint density at radius 3 is 2.64 bits per heavy atom. The molecule has 0 fully saturated rings. The number of halogens is 1. The fourth-order valence-corrected chi connectivity index (χ4v) is 2.85. The van der Waals surface area contributed by atoms with Crippen molar-refractivity contribution >= 4 is 0 Å². The molecular formula is C20H21FN2O2. The fourth-order valence-electron chi connectivity index (χ4n) is 2.85. The number of ether oxygens (including phenoxy) is 2. The van der Waals surface area contributed by atoms with Gasteiger partial charge in [-0.2, -0.15) is 0 Å². The van der Waals surface area contributed by atoms with Crippen LogP contribution in [-0.4, -0.2) is 23.3 Å². The molecule has 1 atom stereocenters. The molecule has 5 heteroatoms. The first-order valence-electron chi connectivity index (χ1n) is 8.23. The van der Waals surface area contributed by atoms with Crippen LogP contribution in [-0.2, 0) is 6.54 Å². The van der Waals surface area contributed by atoms with E-state index in [4.69, 9.17) is 9.47 Å². The molecule has 0 amide bonds. The SMILES string of the molecule is COc1ccccc1C(CCOc1ccc(F)cc1)Cn1ccnc1. The summed E-state index contributed by atoms with van der Waals surface area (Å²) in [5.41, 5.74) is 1.14. The molecule has 1 unspecified atom stereocenters. The number of aromatic nitrogens is 2. The van der Waals surface area contributed by atoms with E-state index in [-0.39, 0.29) is 11.7 Å². The second-order valence-corrected chi connectivity index (χ2v) is 5.79. The quantitative estimate of drug-likeness (QED) is 0.614. The summed E-state index contributed by atoms with van der Waals surface area (Å²) < 4.78 is 26.3. The minimum absolute atomic E-state index is 0.214. The summed E-state index contributed by atoms with van der Waals surface area (Å²) in [6.07, 6.45) is 6.33. The molecular weight excluding hydrogens is 319 g/mol. The van der Waals surface area contributed by atoms with Crippen LogP contribution in [0.25, 0.3) is 0 Å². The van der Waals surface area contributed by atoms with Gasteiger partial charge in [0.15, 0.2) is 0 Å². The van der Waals surface area contributed by atoms with Gasteiger partial charge in [-0.05, 0) is 42.3 Å². The fraction of sp³-hybridized carbons (Fsp3) is 0.250. The molecule has 1 aromatic heterocycles. The van der Waals surface area contributed by atoms with Gasteiger partial charge in [0.2, 0.25) is 0 Å². The highest BCUT2D eigenvalue weighted by atomic mass is 19.1. The molecule has 2 aromatic carbocycles. The van der Waals surface area contributed by atoms with E-state index in [0.29, 0.717) is 12.4 Å². The largest absolute Gasteiger partial charge is 0.496 e. The lowest BCUT2D eigenvalue weighted by molar-refractivity contribution is 0.288. The molecule has 130 valence electrons. The Morgan fingerprint density at radius 2 is 1.92 bits per heavy atom. The van der Waals surface area contributed by atoms with Crippen LogP contribution in [0, 0.1) is 5.82 Å². The predicted octanol–water partition coefficient (Wildman–Crippen LogP) is 4.28. The van der Waals surface area contributed by atoms with Crippen LogP contribution in [0.4, 0.5) is 4.39 Å². The third-order valence-corrected chi connectivity index (χ3v) is 4.12. The van der Waals surface area contributed by atoms with Gasteiger partial charge in [0.05, 0.1) is 20.0 Å². The first kappa shape index (κ1) is 17.0. The third kappa shape index (κ3) is 4.59. The molecule has 3 rings (SSSR count). The van der Waals surface area contributed by atoms with Gasteiger partial charge in [-0.25, -0.2) is 9.37 Å². The van der Waals surface area contributed by atoms with Crippen LogP contribution in [0.1, 0.15) is 17.9 Å². The maximum atomic E-state index is 13.0. The van der Waals surface area contributed by atoms with E-state index in [1.165, 1.54) is 12.1 Å². The topological polar surface area (TPSA) is 36.3 Å². The van der Waals surface area contributed by atoms with Gasteiger partial charge in [-0.3, -0.25) is 0 Å². The molecule has 0 aliphatic rings. The molecule has 3 aromatic rings. The molecule has 0 aliphatic carbocycles. The Balaban J connectivity index is 1.71. The molecule has 0 spiro atoms. The average Bonchev–Trinajstić information content (AvgIpc) is 3.15. The number of rotatable bonds is 8. The summed E-state index contributed by atoms with van der Waals surface area (Å²) >= 11 is 0. The number of para-hydroxylation sites is 1. The number of nitrogens with zero attached hydrogens (tertiary/aromatic N) is 2. The smallest absolute Gasteiger partial charge is 0.123 e. The van der Waals surface area contributed by atoms with Crippen molar-refractivity contribution in [1.29, 1.82) is 0 Å². The molecule has 4 nitrogen and oxygen atoms in total. The van der Waals surface area contributed by atoms with E-state index in [1.54, 1.807) is 25.4 Å². The highest BCUT2D eigenvalue weighted by Crippen LogP contribution is 2.30. The molecule has 0 saturated heterocycles. The third-order valence-electron chi connectivity index (χ3n) is 4.12. The normalized spacial score (nSPS) is 11.9. The number of benzene rings is 2. The monoisotopic (exact) mass is 340 g/mol. The first-order chi connectivity index (χ1) is 12.3. The van der Waals surface area contributed by atoms with Gasteiger partial charge in [-0.15, -0.1) is 0 Å². The second-order valence-electron chi connectivity index (χ2n) is 5.79. The summed E-state index contributed by atoms with van der Waals surface area (Å²) in [4.78, 5) is 4.11. The number of methoxy groups -OCH3 is 1. The molecule has 0 N–H and O–H groups in total. The van der Waals surface area contributed by atoms with Crippen molar-refractivity contribution in [2.75, 3.05) is 13.7 Å². The van der Waals surface area contributed by atoms with Crippen LogP contribution in [0.3, 0.4) is 0 Å². The standard InChI is InChI=1S/C20H21FN2O2/c1-24-20-5-3-2-4-19(20)16(14-23-12-11-22-15-23)10-13-25-18-8-6-17(21)7-9-18/h2-9,11-12,15-16H,10,13-14H2,1H3. The van der Waals surface area contributed by atoms with Crippen molar-refractivity contribution in [3.8, 4) is 11.5 Å². The summed E-state index contributed by atoms with van der Waals surface area (Å²) in [6, 6.07) is 14.1. The van der Waals surface area contributed by atoms with Crippen LogP contribution in [0.2, 0.25) is 0 Å². The molecule has 25 heavy (non-hydrogen) atoms. The zero-order valence-electron chi connectivity index (χ0n) is 14.1. The highest BCUT2D eigenvalue weighted by molar-refractivity contribution is 5.36. The first-order valence-corrected chi connectivity index (χ1v) is 8.23. The Kier molecular flexibility index (Phi) is 5.67. The van der Waals surface area contributed by atoms with Crippen LogP contribution in [0.15, 0.2) is 67.3 Å². The lowest BCUT2D eigenvalue weighted by Gasteiger charge is -2.20. The zero-order valence-corrected chi connectivity index (χ0v) is 14.1. The maximum Gasteiger partial charge on any atom is 0.123 e. The van der Waals surface area contributed by atoms with Gasteiger partial charge in [0, 0.05) is 24.9 Å². The Morgan fingerprint density at radius 1 is 1.12 bits per heavy atom. The summed E-state index contributed by atoms with van der Waals surface area (Å²) in [6.45, 7) is 1.32. The molecule has 0 radical (unpaired) electrons. The van der Waals surface area contributed by atoms with E-state index < -0.39 is 0 Å². The summed E-state index contributed by atoms with van der Waals surface area (Å²) in [7, 11) is 1.68. The van der Waals surface area contributed by atoms with Crippen molar-refractivity contribution in [2.24, 2.45) is 0 Å². The van der Waals surface area contributed by atoms with Crippen LogP contribution < -0.4 is 9.47 Å². The number of hydrogen-bond donors (Lipinski definition) is 0. The molecule has 0 aliphatic heterocycles.